The van der Waals surface area contributed by atoms with Crippen molar-refractivity contribution < 1.29 is 14.3 Å². The Kier molecular flexibility index (Phi) is 5.24. The molecule has 0 radical (unpaired) electrons. The average Bonchev–Trinajstić information content (AvgIpc) is 2.10. The Morgan fingerprint density at radius 2 is 2.00 bits per heavy atom. The van der Waals surface area contributed by atoms with Crippen LogP contribution < -0.4 is 4.74 Å². The first-order valence-electron chi connectivity index (χ1n) is 5.07. The Morgan fingerprint density at radius 1 is 1.35 bits per heavy atom. The SMILES string of the molecule is CC(C)(C)OC(=O)COc1cc(Br)cc(I)c1. The smallest absolute Gasteiger partial charge is 0.344 e. The molecule has 1 aromatic rings. The third kappa shape index (κ3) is 6.26. The second kappa shape index (κ2) is 6.04. The number of esters is 1. The van der Waals surface area contributed by atoms with Crippen molar-refractivity contribution in [3.05, 3.63) is 26.2 Å². The molecule has 0 saturated heterocycles. The number of hydrogen-bond donors (Lipinski definition) is 0. The first-order valence-corrected chi connectivity index (χ1v) is 6.94. The van der Waals surface area contributed by atoms with E-state index < -0.39 is 5.60 Å². The lowest BCUT2D eigenvalue weighted by atomic mass is 10.2. The van der Waals surface area contributed by atoms with E-state index >= 15 is 0 Å². The van der Waals surface area contributed by atoms with Gasteiger partial charge in [-0.1, -0.05) is 15.9 Å². The highest BCUT2D eigenvalue weighted by atomic mass is 127. The average molecular weight is 413 g/mol. The highest BCUT2D eigenvalue weighted by Gasteiger charge is 2.16. The predicted molar refractivity (Wildman–Crippen MR) is 78.2 cm³/mol. The monoisotopic (exact) mass is 412 g/mol. The zero-order valence-electron chi connectivity index (χ0n) is 9.92. The van der Waals surface area contributed by atoms with E-state index in [1.54, 1.807) is 0 Å². The van der Waals surface area contributed by atoms with E-state index in [9.17, 15) is 4.79 Å². The van der Waals surface area contributed by atoms with Crippen LogP contribution in [-0.4, -0.2) is 18.2 Å². The van der Waals surface area contributed by atoms with Gasteiger partial charge in [-0.2, -0.15) is 0 Å². The van der Waals surface area contributed by atoms with Crippen molar-refractivity contribution in [3.63, 3.8) is 0 Å². The number of ether oxygens (including phenoxy) is 2. The van der Waals surface area contributed by atoms with Gasteiger partial charge in [0.1, 0.15) is 11.4 Å². The van der Waals surface area contributed by atoms with Crippen LogP contribution in [0.4, 0.5) is 0 Å². The summed E-state index contributed by atoms with van der Waals surface area (Å²) in [6.45, 7) is 5.40. The highest BCUT2D eigenvalue weighted by molar-refractivity contribution is 14.1. The molecule has 0 aromatic heterocycles. The maximum Gasteiger partial charge on any atom is 0.344 e. The van der Waals surface area contributed by atoms with Crippen LogP contribution in [0.3, 0.4) is 0 Å². The van der Waals surface area contributed by atoms with Crippen molar-refractivity contribution in [3.8, 4) is 5.75 Å². The number of carbonyl (C=O) groups is 1. The van der Waals surface area contributed by atoms with E-state index in [0.717, 1.165) is 8.04 Å². The van der Waals surface area contributed by atoms with Crippen LogP contribution in [-0.2, 0) is 9.53 Å². The van der Waals surface area contributed by atoms with Crippen LogP contribution in [0.2, 0.25) is 0 Å². The molecule has 94 valence electrons. The summed E-state index contributed by atoms with van der Waals surface area (Å²) in [4.78, 5) is 11.4. The summed E-state index contributed by atoms with van der Waals surface area (Å²) < 4.78 is 12.5. The fourth-order valence-corrected chi connectivity index (χ4v) is 2.67. The largest absolute Gasteiger partial charge is 0.482 e. The molecule has 17 heavy (non-hydrogen) atoms. The molecule has 0 unspecified atom stereocenters. The van der Waals surface area contributed by atoms with E-state index in [-0.39, 0.29) is 12.6 Å². The second-order valence-corrected chi connectivity index (χ2v) is 6.64. The molecule has 5 heteroatoms. The van der Waals surface area contributed by atoms with Gasteiger partial charge < -0.3 is 9.47 Å². The molecule has 0 N–H and O–H groups in total. The Hall–Kier alpha value is -0.300. The van der Waals surface area contributed by atoms with Crippen LogP contribution >= 0.6 is 38.5 Å². The highest BCUT2D eigenvalue weighted by Crippen LogP contribution is 2.22. The minimum atomic E-state index is -0.480. The van der Waals surface area contributed by atoms with E-state index in [4.69, 9.17) is 9.47 Å². The molecule has 0 spiro atoms. The van der Waals surface area contributed by atoms with Crippen molar-refractivity contribution in [2.45, 2.75) is 26.4 Å². The van der Waals surface area contributed by atoms with Crippen molar-refractivity contribution in [1.29, 1.82) is 0 Å². The molecule has 0 fully saturated rings. The molecule has 3 nitrogen and oxygen atoms in total. The molecular weight excluding hydrogens is 399 g/mol. The number of halogens is 2. The summed E-state index contributed by atoms with van der Waals surface area (Å²) >= 11 is 5.55. The Labute approximate surface area is 123 Å². The van der Waals surface area contributed by atoms with Gasteiger partial charge in [0.05, 0.1) is 0 Å². The summed E-state index contributed by atoms with van der Waals surface area (Å²) in [5, 5.41) is 0. The molecular formula is C12H14BrIO3. The first-order chi connectivity index (χ1) is 7.76. The lowest BCUT2D eigenvalue weighted by molar-refractivity contribution is -0.157. The second-order valence-electron chi connectivity index (χ2n) is 4.48. The Bertz CT molecular complexity index is 392. The minimum absolute atomic E-state index is 0.0796. The van der Waals surface area contributed by atoms with E-state index in [0.29, 0.717) is 5.75 Å². The quantitative estimate of drug-likeness (QED) is 0.559. The molecule has 0 atom stereocenters. The maximum absolute atomic E-state index is 11.4. The van der Waals surface area contributed by atoms with Crippen molar-refractivity contribution >= 4 is 44.5 Å². The van der Waals surface area contributed by atoms with E-state index in [1.165, 1.54) is 0 Å². The minimum Gasteiger partial charge on any atom is -0.482 e. The van der Waals surface area contributed by atoms with Crippen LogP contribution in [0.15, 0.2) is 22.7 Å². The normalized spacial score (nSPS) is 11.1. The van der Waals surface area contributed by atoms with Crippen molar-refractivity contribution in [2.75, 3.05) is 6.61 Å². The fraction of sp³-hybridized carbons (Fsp3) is 0.417. The Balaban J connectivity index is 2.53. The van der Waals surface area contributed by atoms with Crippen molar-refractivity contribution in [2.24, 2.45) is 0 Å². The topological polar surface area (TPSA) is 35.5 Å². The van der Waals surface area contributed by atoms with Gasteiger partial charge in [-0.3, -0.25) is 0 Å². The van der Waals surface area contributed by atoms with Gasteiger partial charge in [0.2, 0.25) is 0 Å². The van der Waals surface area contributed by atoms with Gasteiger partial charge in [-0.05, 0) is 61.6 Å². The van der Waals surface area contributed by atoms with E-state index in [1.807, 2.05) is 39.0 Å². The zero-order chi connectivity index (χ0) is 13.1. The molecule has 1 aromatic carbocycles. The molecule has 1 rings (SSSR count). The molecule has 0 aliphatic carbocycles. The maximum atomic E-state index is 11.4. The molecule has 0 amide bonds. The number of rotatable bonds is 3. The molecule has 0 aliphatic heterocycles. The zero-order valence-corrected chi connectivity index (χ0v) is 13.7. The number of carbonyl (C=O) groups excluding carboxylic acids is 1. The summed E-state index contributed by atoms with van der Waals surface area (Å²) in [5.74, 6) is 0.280. The Morgan fingerprint density at radius 3 is 2.53 bits per heavy atom. The molecule has 0 aliphatic rings. The van der Waals surface area contributed by atoms with Gasteiger partial charge in [-0.25, -0.2) is 4.79 Å². The molecule has 0 saturated carbocycles. The third-order valence-corrected chi connectivity index (χ3v) is 2.69. The van der Waals surface area contributed by atoms with Gasteiger partial charge in [0, 0.05) is 8.04 Å². The lowest BCUT2D eigenvalue weighted by Gasteiger charge is -2.19. The first kappa shape index (κ1) is 14.8. The van der Waals surface area contributed by atoms with Crippen molar-refractivity contribution in [1.82, 2.24) is 0 Å². The predicted octanol–water partition coefficient (Wildman–Crippen LogP) is 3.77. The fourth-order valence-electron chi connectivity index (χ4n) is 1.13. The molecule has 0 heterocycles. The van der Waals surface area contributed by atoms with Gasteiger partial charge in [0.15, 0.2) is 6.61 Å². The summed E-state index contributed by atoms with van der Waals surface area (Å²) in [5.41, 5.74) is -0.480. The number of benzene rings is 1. The van der Waals surface area contributed by atoms with Gasteiger partial charge >= 0.3 is 5.97 Å². The lowest BCUT2D eigenvalue weighted by Crippen LogP contribution is -2.27. The van der Waals surface area contributed by atoms with Crippen LogP contribution in [0.5, 0.6) is 5.75 Å². The third-order valence-electron chi connectivity index (χ3n) is 1.61. The van der Waals surface area contributed by atoms with Crippen LogP contribution in [0.25, 0.3) is 0 Å². The summed E-state index contributed by atoms with van der Waals surface area (Å²) in [6.07, 6.45) is 0. The van der Waals surface area contributed by atoms with Crippen LogP contribution in [0, 0.1) is 3.57 Å². The van der Waals surface area contributed by atoms with Gasteiger partial charge in [0.25, 0.3) is 0 Å². The van der Waals surface area contributed by atoms with Gasteiger partial charge in [-0.15, -0.1) is 0 Å². The standard InChI is InChI=1S/C12H14BrIO3/c1-12(2,3)17-11(15)7-16-10-5-8(13)4-9(14)6-10/h4-6H,7H2,1-3H3. The van der Waals surface area contributed by atoms with E-state index in [2.05, 4.69) is 38.5 Å². The molecule has 0 bridgehead atoms. The summed E-state index contributed by atoms with van der Waals surface area (Å²) in [7, 11) is 0. The van der Waals surface area contributed by atoms with Crippen LogP contribution in [0.1, 0.15) is 20.8 Å². The number of hydrogen-bond acceptors (Lipinski definition) is 3. The summed E-state index contributed by atoms with van der Waals surface area (Å²) in [6, 6.07) is 5.63.